The second kappa shape index (κ2) is 6.67. The second-order valence-electron chi connectivity index (χ2n) is 6.40. The Hall–Kier alpha value is -1.26. The number of aliphatic hydroxyl groups is 1. The maximum atomic E-state index is 9.58. The lowest BCUT2D eigenvalue weighted by Gasteiger charge is -2.34. The van der Waals surface area contributed by atoms with Crippen molar-refractivity contribution in [3.63, 3.8) is 0 Å². The first kappa shape index (κ1) is 14.7. The molecule has 3 rings (SSSR count). The highest BCUT2D eigenvalue weighted by Crippen LogP contribution is 2.25. The molecule has 21 heavy (non-hydrogen) atoms. The summed E-state index contributed by atoms with van der Waals surface area (Å²) in [6, 6.07) is 10.2. The highest BCUT2D eigenvalue weighted by molar-refractivity contribution is 5.58. The zero-order valence-corrected chi connectivity index (χ0v) is 12.9. The van der Waals surface area contributed by atoms with Crippen LogP contribution in [0.1, 0.15) is 25.7 Å². The number of aliphatic hydroxyl groups excluding tert-OH is 1. The van der Waals surface area contributed by atoms with Gasteiger partial charge in [-0.1, -0.05) is 6.07 Å². The monoisotopic (exact) mass is 288 g/mol. The van der Waals surface area contributed by atoms with E-state index in [1.165, 1.54) is 5.69 Å². The zero-order valence-electron chi connectivity index (χ0n) is 12.9. The summed E-state index contributed by atoms with van der Waals surface area (Å²) in [6.45, 7) is 4.44. The predicted octanol–water partition coefficient (Wildman–Crippen LogP) is 1.95. The lowest BCUT2D eigenvalue weighted by Crippen LogP contribution is -2.44. The number of hydrogen-bond acceptors (Lipinski definition) is 4. The van der Waals surface area contributed by atoms with Crippen LogP contribution in [-0.4, -0.2) is 55.4 Å². The average Bonchev–Trinajstić information content (AvgIpc) is 2.51. The minimum absolute atomic E-state index is 0.0938. The summed E-state index contributed by atoms with van der Waals surface area (Å²) >= 11 is 0. The van der Waals surface area contributed by atoms with Gasteiger partial charge >= 0.3 is 0 Å². The van der Waals surface area contributed by atoms with Crippen molar-refractivity contribution < 1.29 is 5.11 Å². The molecular weight excluding hydrogens is 262 g/mol. The summed E-state index contributed by atoms with van der Waals surface area (Å²) in [4.78, 5) is 4.82. The molecule has 0 atom stereocenters. The van der Waals surface area contributed by atoms with E-state index in [4.69, 9.17) is 0 Å². The van der Waals surface area contributed by atoms with Gasteiger partial charge in [0.25, 0.3) is 0 Å². The third-order valence-electron chi connectivity index (χ3n) is 4.71. The molecule has 2 fully saturated rings. The Labute approximate surface area is 127 Å². The molecule has 4 heteroatoms. The lowest BCUT2D eigenvalue weighted by atomic mass is 9.93. The molecule has 115 valence electrons. The summed E-state index contributed by atoms with van der Waals surface area (Å²) in [5, 5.41) is 13.2. The van der Waals surface area contributed by atoms with Crippen LogP contribution in [0, 0.1) is 6.07 Å². The van der Waals surface area contributed by atoms with Gasteiger partial charge < -0.3 is 20.2 Å². The zero-order chi connectivity index (χ0) is 14.7. The maximum Gasteiger partial charge on any atom is 0.0541 e. The molecule has 0 bridgehead atoms. The van der Waals surface area contributed by atoms with E-state index in [-0.39, 0.29) is 6.10 Å². The summed E-state index contributed by atoms with van der Waals surface area (Å²) in [6.07, 6.45) is 3.83. The Morgan fingerprint density at radius 1 is 1.14 bits per heavy atom. The van der Waals surface area contributed by atoms with Gasteiger partial charge in [-0.3, -0.25) is 0 Å². The standard InChI is InChI=1S/C17H26N3O/c1-19-9-11-20(12-10-19)16-4-2-3-15(13-16)18-14-5-7-17(21)8-6-14/h2,4,13-14,17-18,21H,5-12H2,1H3/t14-,17-. The summed E-state index contributed by atoms with van der Waals surface area (Å²) in [7, 11) is 2.18. The second-order valence-corrected chi connectivity index (χ2v) is 6.40. The van der Waals surface area contributed by atoms with Crippen molar-refractivity contribution >= 4 is 11.4 Å². The molecule has 2 N–H and O–H groups in total. The summed E-state index contributed by atoms with van der Waals surface area (Å²) in [5.74, 6) is 0. The van der Waals surface area contributed by atoms with Crippen LogP contribution in [0.15, 0.2) is 18.2 Å². The van der Waals surface area contributed by atoms with Crippen molar-refractivity contribution in [2.45, 2.75) is 37.8 Å². The fraction of sp³-hybridized carbons (Fsp3) is 0.647. The quantitative estimate of drug-likeness (QED) is 0.892. The molecule has 4 nitrogen and oxygen atoms in total. The van der Waals surface area contributed by atoms with Gasteiger partial charge in [0.1, 0.15) is 0 Å². The fourth-order valence-electron chi connectivity index (χ4n) is 3.24. The van der Waals surface area contributed by atoms with Crippen molar-refractivity contribution in [3.8, 4) is 0 Å². The van der Waals surface area contributed by atoms with E-state index < -0.39 is 0 Å². The van der Waals surface area contributed by atoms with Crippen LogP contribution in [-0.2, 0) is 0 Å². The van der Waals surface area contributed by atoms with Crippen molar-refractivity contribution in [1.29, 1.82) is 0 Å². The molecule has 1 radical (unpaired) electrons. The first-order valence-corrected chi connectivity index (χ1v) is 8.10. The Bertz CT molecular complexity index is 449. The molecule has 0 spiro atoms. The number of anilines is 2. The average molecular weight is 288 g/mol. The van der Waals surface area contributed by atoms with Crippen molar-refractivity contribution in [2.24, 2.45) is 0 Å². The fourth-order valence-corrected chi connectivity index (χ4v) is 3.24. The third-order valence-corrected chi connectivity index (χ3v) is 4.71. The van der Waals surface area contributed by atoms with E-state index in [2.05, 4.69) is 40.4 Å². The normalized spacial score (nSPS) is 27.6. The topological polar surface area (TPSA) is 38.7 Å². The number of piperazine rings is 1. The molecule has 0 amide bonds. The smallest absolute Gasteiger partial charge is 0.0541 e. The SMILES string of the molecule is CN1CCN(c2cc[c]c(N[C@H]3CC[C@H](O)CC3)c2)CC1. The molecule has 1 aromatic rings. The van der Waals surface area contributed by atoms with Crippen LogP contribution in [0.3, 0.4) is 0 Å². The number of nitrogens with one attached hydrogen (secondary N) is 1. The Morgan fingerprint density at radius 3 is 2.57 bits per heavy atom. The molecule has 1 saturated heterocycles. The van der Waals surface area contributed by atoms with Crippen molar-refractivity contribution in [1.82, 2.24) is 4.90 Å². The van der Waals surface area contributed by atoms with Crippen LogP contribution in [0.25, 0.3) is 0 Å². The van der Waals surface area contributed by atoms with E-state index in [0.29, 0.717) is 6.04 Å². The first-order valence-electron chi connectivity index (χ1n) is 8.10. The van der Waals surface area contributed by atoms with E-state index >= 15 is 0 Å². The predicted molar refractivity (Wildman–Crippen MR) is 86.9 cm³/mol. The minimum Gasteiger partial charge on any atom is -0.393 e. The summed E-state index contributed by atoms with van der Waals surface area (Å²) < 4.78 is 0. The van der Waals surface area contributed by atoms with Gasteiger partial charge in [-0.25, -0.2) is 0 Å². The van der Waals surface area contributed by atoms with Crippen LogP contribution < -0.4 is 10.2 Å². The molecule has 2 aliphatic rings. The third kappa shape index (κ3) is 3.89. The molecule has 1 aliphatic heterocycles. The highest BCUT2D eigenvalue weighted by Gasteiger charge is 2.19. The van der Waals surface area contributed by atoms with Crippen LogP contribution in [0.2, 0.25) is 0 Å². The Balaban J connectivity index is 1.60. The van der Waals surface area contributed by atoms with Crippen LogP contribution >= 0.6 is 0 Å². The van der Waals surface area contributed by atoms with Crippen molar-refractivity contribution in [2.75, 3.05) is 43.4 Å². The van der Waals surface area contributed by atoms with Gasteiger partial charge in [0.15, 0.2) is 0 Å². The molecule has 1 aromatic carbocycles. The lowest BCUT2D eigenvalue weighted by molar-refractivity contribution is 0.126. The molecule has 1 heterocycles. The largest absolute Gasteiger partial charge is 0.393 e. The Morgan fingerprint density at radius 2 is 1.86 bits per heavy atom. The molecule has 0 aromatic heterocycles. The van der Waals surface area contributed by atoms with Crippen LogP contribution in [0.4, 0.5) is 11.4 Å². The van der Waals surface area contributed by atoms with Gasteiger partial charge in [0.2, 0.25) is 0 Å². The molecular formula is C17H26N3O. The van der Waals surface area contributed by atoms with Gasteiger partial charge in [-0.15, -0.1) is 0 Å². The van der Waals surface area contributed by atoms with Gasteiger partial charge in [0, 0.05) is 49.7 Å². The van der Waals surface area contributed by atoms with Gasteiger partial charge in [0.05, 0.1) is 6.10 Å². The molecule has 1 saturated carbocycles. The molecule has 1 aliphatic carbocycles. The summed E-state index contributed by atoms with van der Waals surface area (Å²) in [5.41, 5.74) is 2.38. The maximum absolute atomic E-state index is 9.58. The van der Waals surface area contributed by atoms with E-state index in [1.807, 2.05) is 6.07 Å². The van der Waals surface area contributed by atoms with Gasteiger partial charge in [-0.05, 0) is 44.9 Å². The van der Waals surface area contributed by atoms with E-state index in [0.717, 1.165) is 57.5 Å². The number of nitrogens with zero attached hydrogens (tertiary/aromatic N) is 2. The number of likely N-dealkylation sites (N-methyl/N-ethyl adjacent to an activating group) is 1. The van der Waals surface area contributed by atoms with E-state index in [1.54, 1.807) is 0 Å². The Kier molecular flexibility index (Phi) is 4.66. The highest BCUT2D eigenvalue weighted by atomic mass is 16.3. The first-order chi connectivity index (χ1) is 10.2. The minimum atomic E-state index is -0.0938. The van der Waals surface area contributed by atoms with Crippen LogP contribution in [0.5, 0.6) is 0 Å². The van der Waals surface area contributed by atoms with E-state index in [9.17, 15) is 5.11 Å². The molecule has 0 unspecified atom stereocenters. The number of hydrogen-bond donors (Lipinski definition) is 2. The number of benzene rings is 1. The van der Waals surface area contributed by atoms with Crippen molar-refractivity contribution in [3.05, 3.63) is 24.3 Å². The van der Waals surface area contributed by atoms with Gasteiger partial charge in [-0.2, -0.15) is 0 Å². The number of rotatable bonds is 3.